The Morgan fingerprint density at radius 1 is 0.957 bits per heavy atom. The fourth-order valence-electron chi connectivity index (χ4n) is 2.36. The van der Waals surface area contributed by atoms with Crippen LogP contribution in [0.2, 0.25) is 10.0 Å². The number of benzene rings is 2. The van der Waals surface area contributed by atoms with Crippen molar-refractivity contribution in [3.05, 3.63) is 81.9 Å². The van der Waals surface area contributed by atoms with Crippen LogP contribution in [-0.2, 0) is 19.6 Å². The highest BCUT2D eigenvalue weighted by atomic mass is 35.5. The van der Waals surface area contributed by atoms with E-state index in [0.717, 1.165) is 18.7 Å². The molecule has 0 fully saturated rings. The average Bonchev–Trinajstić information content (AvgIpc) is 3.05. The second-order valence-corrected chi connectivity index (χ2v) is 6.03. The molecule has 0 saturated heterocycles. The Hall–Kier alpha value is -1.88. The lowest BCUT2D eigenvalue weighted by atomic mass is 10.1. The lowest BCUT2D eigenvalue weighted by Gasteiger charge is -2.11. The Kier molecular flexibility index (Phi) is 5.28. The summed E-state index contributed by atoms with van der Waals surface area (Å²) in [7, 11) is 0. The summed E-state index contributed by atoms with van der Waals surface area (Å²) in [5.74, 6) is 0. The zero-order valence-electron chi connectivity index (χ0n) is 12.4. The van der Waals surface area contributed by atoms with E-state index in [0.29, 0.717) is 16.6 Å². The molecule has 3 aromatic rings. The molecule has 3 rings (SSSR count). The van der Waals surface area contributed by atoms with Crippen molar-refractivity contribution in [1.29, 1.82) is 0 Å². The third-order valence-corrected chi connectivity index (χ3v) is 4.28. The van der Waals surface area contributed by atoms with E-state index in [9.17, 15) is 0 Å². The van der Waals surface area contributed by atoms with E-state index in [1.807, 2.05) is 35.0 Å². The minimum Gasteiger partial charge on any atom is -0.309 e. The number of hydrogen-bond acceptors (Lipinski definition) is 3. The lowest BCUT2D eigenvalue weighted by molar-refractivity contribution is 0.655. The zero-order chi connectivity index (χ0) is 16.1. The summed E-state index contributed by atoms with van der Waals surface area (Å²) < 4.78 is 1.82. The van der Waals surface area contributed by atoms with Crippen molar-refractivity contribution in [2.24, 2.45) is 0 Å². The quantitative estimate of drug-likeness (QED) is 0.735. The lowest BCUT2D eigenvalue weighted by Crippen LogP contribution is -2.15. The molecule has 6 heteroatoms. The Bertz CT molecular complexity index is 772. The van der Waals surface area contributed by atoms with E-state index in [1.54, 1.807) is 12.7 Å². The average molecular weight is 347 g/mol. The summed E-state index contributed by atoms with van der Waals surface area (Å²) >= 11 is 12.0. The number of aromatic nitrogens is 3. The van der Waals surface area contributed by atoms with Gasteiger partial charge in [0.25, 0.3) is 0 Å². The molecule has 0 saturated carbocycles. The molecule has 0 bridgehead atoms. The number of nitrogens with one attached hydrogen (secondary N) is 1. The van der Waals surface area contributed by atoms with Crippen molar-refractivity contribution in [3.8, 4) is 0 Å². The van der Waals surface area contributed by atoms with Crippen LogP contribution in [0.25, 0.3) is 0 Å². The monoisotopic (exact) mass is 346 g/mol. The van der Waals surface area contributed by atoms with Crippen LogP contribution in [0, 0.1) is 0 Å². The van der Waals surface area contributed by atoms with Gasteiger partial charge in [0.1, 0.15) is 12.7 Å². The van der Waals surface area contributed by atoms with Gasteiger partial charge in [-0.2, -0.15) is 5.10 Å². The predicted octanol–water partition coefficient (Wildman–Crippen LogP) is 3.92. The van der Waals surface area contributed by atoms with Crippen LogP contribution < -0.4 is 5.32 Å². The summed E-state index contributed by atoms with van der Waals surface area (Å²) in [6, 6.07) is 14.0. The molecule has 4 nitrogen and oxygen atoms in total. The fourth-order valence-corrected chi connectivity index (χ4v) is 2.68. The highest BCUT2D eigenvalue weighted by Gasteiger charge is 2.04. The van der Waals surface area contributed by atoms with Gasteiger partial charge in [-0.05, 0) is 28.8 Å². The summed E-state index contributed by atoms with van der Waals surface area (Å²) in [5.41, 5.74) is 3.57. The van der Waals surface area contributed by atoms with Crippen molar-refractivity contribution < 1.29 is 0 Å². The van der Waals surface area contributed by atoms with Gasteiger partial charge >= 0.3 is 0 Å². The van der Waals surface area contributed by atoms with Crippen LogP contribution in [0.4, 0.5) is 0 Å². The first-order valence-corrected chi connectivity index (χ1v) is 8.02. The molecular formula is C17H16Cl2N4. The van der Waals surface area contributed by atoms with Gasteiger partial charge in [-0.25, -0.2) is 9.67 Å². The van der Waals surface area contributed by atoms with Crippen LogP contribution in [0.3, 0.4) is 0 Å². The van der Waals surface area contributed by atoms with Crippen molar-refractivity contribution in [1.82, 2.24) is 20.1 Å². The summed E-state index contributed by atoms with van der Waals surface area (Å²) in [5, 5.41) is 8.75. The van der Waals surface area contributed by atoms with Crippen LogP contribution in [-0.4, -0.2) is 14.8 Å². The molecular weight excluding hydrogens is 331 g/mol. The first kappa shape index (κ1) is 16.0. The molecule has 23 heavy (non-hydrogen) atoms. The van der Waals surface area contributed by atoms with Gasteiger partial charge in [-0.15, -0.1) is 0 Å². The second kappa shape index (κ2) is 7.59. The van der Waals surface area contributed by atoms with Crippen molar-refractivity contribution in [2.75, 3.05) is 0 Å². The zero-order valence-corrected chi connectivity index (χ0v) is 13.9. The minimum absolute atomic E-state index is 0.577. The van der Waals surface area contributed by atoms with E-state index < -0.39 is 0 Å². The van der Waals surface area contributed by atoms with Gasteiger partial charge in [-0.3, -0.25) is 0 Å². The topological polar surface area (TPSA) is 42.7 Å². The molecule has 0 aliphatic rings. The molecule has 0 amide bonds. The highest BCUT2D eigenvalue weighted by Crippen LogP contribution is 2.22. The summed E-state index contributed by atoms with van der Waals surface area (Å²) in [6.45, 7) is 2.21. The molecule has 118 valence electrons. The number of hydrogen-bond donors (Lipinski definition) is 1. The van der Waals surface area contributed by atoms with E-state index in [-0.39, 0.29) is 0 Å². The summed E-state index contributed by atoms with van der Waals surface area (Å²) in [6.07, 6.45) is 3.27. The largest absolute Gasteiger partial charge is 0.309 e. The van der Waals surface area contributed by atoms with Gasteiger partial charge < -0.3 is 5.32 Å². The van der Waals surface area contributed by atoms with Crippen molar-refractivity contribution in [2.45, 2.75) is 19.6 Å². The molecule has 1 N–H and O–H groups in total. The Labute approximate surface area is 145 Å². The van der Waals surface area contributed by atoms with E-state index >= 15 is 0 Å². The first-order chi connectivity index (χ1) is 11.2. The van der Waals surface area contributed by atoms with Crippen LogP contribution in [0.5, 0.6) is 0 Å². The summed E-state index contributed by atoms with van der Waals surface area (Å²) in [4.78, 5) is 3.98. The smallest absolute Gasteiger partial charge is 0.137 e. The van der Waals surface area contributed by atoms with Gasteiger partial charge in [0.05, 0.1) is 16.6 Å². The van der Waals surface area contributed by atoms with Gasteiger partial charge in [0, 0.05) is 13.1 Å². The molecule has 0 aliphatic heterocycles. The normalized spacial score (nSPS) is 10.9. The SMILES string of the molecule is Clc1ccc(CNCc2ccccc2Cn2cncn2)cc1Cl. The molecule has 2 aromatic carbocycles. The fraction of sp³-hybridized carbons (Fsp3) is 0.176. The van der Waals surface area contributed by atoms with E-state index in [1.165, 1.54) is 11.1 Å². The molecule has 0 atom stereocenters. The molecule has 1 heterocycles. The van der Waals surface area contributed by atoms with E-state index in [4.69, 9.17) is 23.2 Å². The van der Waals surface area contributed by atoms with Crippen LogP contribution in [0.15, 0.2) is 55.1 Å². The van der Waals surface area contributed by atoms with Gasteiger partial charge in [-0.1, -0.05) is 53.5 Å². The number of halogens is 2. The molecule has 0 aliphatic carbocycles. The maximum Gasteiger partial charge on any atom is 0.137 e. The van der Waals surface area contributed by atoms with E-state index in [2.05, 4.69) is 27.5 Å². The van der Waals surface area contributed by atoms with Crippen molar-refractivity contribution in [3.63, 3.8) is 0 Å². The predicted molar refractivity (Wildman–Crippen MR) is 92.6 cm³/mol. The van der Waals surface area contributed by atoms with Gasteiger partial charge in [0.15, 0.2) is 0 Å². The molecule has 0 radical (unpaired) electrons. The standard InChI is InChI=1S/C17H16Cl2N4/c18-16-6-5-13(7-17(16)19)8-20-9-14-3-1-2-4-15(14)10-23-12-21-11-22-23/h1-7,11-12,20H,8-10H2. The third-order valence-electron chi connectivity index (χ3n) is 3.55. The Balaban J connectivity index is 1.62. The Morgan fingerprint density at radius 2 is 1.78 bits per heavy atom. The molecule has 0 unspecified atom stereocenters. The van der Waals surface area contributed by atoms with Gasteiger partial charge in [0.2, 0.25) is 0 Å². The Morgan fingerprint density at radius 3 is 2.52 bits per heavy atom. The second-order valence-electron chi connectivity index (χ2n) is 5.21. The number of nitrogens with zero attached hydrogens (tertiary/aromatic N) is 3. The molecule has 0 spiro atoms. The highest BCUT2D eigenvalue weighted by molar-refractivity contribution is 6.42. The number of rotatable bonds is 6. The maximum absolute atomic E-state index is 6.04. The van der Waals surface area contributed by atoms with Crippen LogP contribution >= 0.6 is 23.2 Å². The molecule has 1 aromatic heterocycles. The van der Waals surface area contributed by atoms with Crippen molar-refractivity contribution >= 4 is 23.2 Å². The maximum atomic E-state index is 6.04. The van der Waals surface area contributed by atoms with Crippen LogP contribution in [0.1, 0.15) is 16.7 Å². The third kappa shape index (κ3) is 4.32. The minimum atomic E-state index is 0.577. The first-order valence-electron chi connectivity index (χ1n) is 7.26.